The minimum Gasteiger partial charge on any atom is -0.331 e. The molecule has 8 heteroatoms. The van der Waals surface area contributed by atoms with Gasteiger partial charge in [0.2, 0.25) is 0 Å². The Morgan fingerprint density at radius 1 is 1.08 bits per heavy atom. The Labute approximate surface area is 152 Å². The monoisotopic (exact) mass is 365 g/mol. The van der Waals surface area contributed by atoms with Gasteiger partial charge in [-0.3, -0.25) is 9.36 Å². The first-order valence-corrected chi connectivity index (χ1v) is 8.80. The standard InChI is InChI=1S/C18H15N5O2S/c1-11-15(26-17-20-13-8-5-9-19-14(13)21-17)22-18(25)23(16(11)24)10-12-6-3-2-4-7-12/h2-9H,10H2,1H3,(H,22,25)(H,19,20,21). The van der Waals surface area contributed by atoms with Gasteiger partial charge in [-0.1, -0.05) is 30.3 Å². The molecule has 130 valence electrons. The molecule has 7 nitrogen and oxygen atoms in total. The van der Waals surface area contributed by atoms with Crippen molar-refractivity contribution < 1.29 is 0 Å². The average Bonchev–Trinajstić information content (AvgIpc) is 3.06. The number of hydrogen-bond acceptors (Lipinski definition) is 5. The zero-order chi connectivity index (χ0) is 18.1. The van der Waals surface area contributed by atoms with Gasteiger partial charge in [-0.25, -0.2) is 14.8 Å². The second-order valence-electron chi connectivity index (χ2n) is 5.78. The maximum absolute atomic E-state index is 12.7. The van der Waals surface area contributed by atoms with Gasteiger partial charge in [0.15, 0.2) is 10.8 Å². The van der Waals surface area contributed by atoms with E-state index < -0.39 is 5.69 Å². The van der Waals surface area contributed by atoms with E-state index in [9.17, 15) is 9.59 Å². The fraction of sp³-hybridized carbons (Fsp3) is 0.111. The van der Waals surface area contributed by atoms with Gasteiger partial charge in [0.1, 0.15) is 0 Å². The summed E-state index contributed by atoms with van der Waals surface area (Å²) >= 11 is 1.21. The summed E-state index contributed by atoms with van der Waals surface area (Å²) in [5.74, 6) is 0. The quantitative estimate of drug-likeness (QED) is 0.541. The second-order valence-corrected chi connectivity index (χ2v) is 6.78. The highest BCUT2D eigenvalue weighted by atomic mass is 32.2. The van der Waals surface area contributed by atoms with Crippen LogP contribution in [0.1, 0.15) is 11.1 Å². The molecule has 0 radical (unpaired) electrons. The Morgan fingerprint density at radius 2 is 1.88 bits per heavy atom. The summed E-state index contributed by atoms with van der Waals surface area (Å²) < 4.78 is 1.20. The van der Waals surface area contributed by atoms with E-state index in [1.165, 1.54) is 16.3 Å². The molecule has 1 aromatic carbocycles. The van der Waals surface area contributed by atoms with Crippen LogP contribution in [0.4, 0.5) is 0 Å². The number of hydrogen-bond donors (Lipinski definition) is 2. The Balaban J connectivity index is 1.69. The van der Waals surface area contributed by atoms with Crippen LogP contribution in [0.3, 0.4) is 0 Å². The van der Waals surface area contributed by atoms with Crippen LogP contribution in [-0.2, 0) is 6.54 Å². The van der Waals surface area contributed by atoms with E-state index in [4.69, 9.17) is 0 Å². The summed E-state index contributed by atoms with van der Waals surface area (Å²) in [7, 11) is 0. The summed E-state index contributed by atoms with van der Waals surface area (Å²) in [6.07, 6.45) is 1.66. The van der Waals surface area contributed by atoms with Crippen LogP contribution in [0.5, 0.6) is 0 Å². The largest absolute Gasteiger partial charge is 0.331 e. The van der Waals surface area contributed by atoms with Gasteiger partial charge in [-0.2, -0.15) is 0 Å². The van der Waals surface area contributed by atoms with Crippen LogP contribution in [0.15, 0.2) is 68.4 Å². The van der Waals surface area contributed by atoms with Crippen LogP contribution in [0.25, 0.3) is 11.2 Å². The van der Waals surface area contributed by atoms with Gasteiger partial charge in [-0.15, -0.1) is 0 Å². The Morgan fingerprint density at radius 3 is 2.65 bits per heavy atom. The molecule has 26 heavy (non-hydrogen) atoms. The Bertz CT molecular complexity index is 1160. The molecule has 3 heterocycles. The van der Waals surface area contributed by atoms with Crippen molar-refractivity contribution in [1.82, 2.24) is 24.5 Å². The molecular weight excluding hydrogens is 350 g/mol. The maximum Gasteiger partial charge on any atom is 0.329 e. The van der Waals surface area contributed by atoms with Crippen LogP contribution in [-0.4, -0.2) is 24.5 Å². The molecule has 2 N–H and O–H groups in total. The van der Waals surface area contributed by atoms with Crippen molar-refractivity contribution in [3.63, 3.8) is 0 Å². The SMILES string of the molecule is Cc1c(Sc2nc3ncccc3[nH]2)[nH]c(=O)n(Cc2ccccc2)c1=O. The van der Waals surface area contributed by atoms with Crippen LogP contribution in [0, 0.1) is 6.92 Å². The number of aromatic amines is 2. The highest BCUT2D eigenvalue weighted by Gasteiger charge is 2.14. The Kier molecular flexibility index (Phi) is 4.18. The number of imidazole rings is 1. The van der Waals surface area contributed by atoms with Gasteiger partial charge in [0, 0.05) is 11.8 Å². The van der Waals surface area contributed by atoms with E-state index in [-0.39, 0.29) is 12.1 Å². The predicted molar refractivity (Wildman–Crippen MR) is 99.6 cm³/mol. The molecule has 0 saturated heterocycles. The minimum atomic E-state index is -0.443. The lowest BCUT2D eigenvalue weighted by Crippen LogP contribution is -2.37. The number of nitrogens with one attached hydrogen (secondary N) is 2. The Hall–Kier alpha value is -3.13. The van der Waals surface area contributed by atoms with E-state index in [2.05, 4.69) is 19.9 Å². The summed E-state index contributed by atoms with van der Waals surface area (Å²) in [6, 6.07) is 13.1. The summed E-state index contributed by atoms with van der Waals surface area (Å²) in [6.45, 7) is 1.93. The number of aromatic nitrogens is 5. The minimum absolute atomic E-state index is 0.231. The molecule has 0 fully saturated rings. The van der Waals surface area contributed by atoms with E-state index in [0.717, 1.165) is 11.1 Å². The van der Waals surface area contributed by atoms with Crippen molar-refractivity contribution >= 4 is 22.9 Å². The van der Waals surface area contributed by atoms with Gasteiger partial charge >= 0.3 is 5.69 Å². The lowest BCUT2D eigenvalue weighted by atomic mass is 10.2. The molecule has 4 rings (SSSR count). The van der Waals surface area contributed by atoms with E-state index in [0.29, 0.717) is 21.4 Å². The predicted octanol–water partition coefficient (Wildman–Crippen LogP) is 2.32. The zero-order valence-electron chi connectivity index (χ0n) is 13.9. The van der Waals surface area contributed by atoms with E-state index in [1.54, 1.807) is 13.1 Å². The van der Waals surface area contributed by atoms with Crippen molar-refractivity contribution in [2.75, 3.05) is 0 Å². The van der Waals surface area contributed by atoms with Gasteiger partial charge in [-0.05, 0) is 36.4 Å². The highest BCUT2D eigenvalue weighted by molar-refractivity contribution is 7.99. The van der Waals surface area contributed by atoms with Gasteiger partial charge in [0.05, 0.1) is 17.1 Å². The average molecular weight is 365 g/mol. The number of benzene rings is 1. The third kappa shape index (κ3) is 3.06. The lowest BCUT2D eigenvalue weighted by Gasteiger charge is -2.09. The van der Waals surface area contributed by atoms with E-state index in [1.807, 2.05) is 42.5 Å². The fourth-order valence-electron chi connectivity index (χ4n) is 2.63. The maximum atomic E-state index is 12.7. The molecular formula is C18H15N5O2S. The number of pyridine rings is 1. The summed E-state index contributed by atoms with van der Waals surface area (Å²) in [4.78, 5) is 39.5. The molecule has 0 amide bonds. The number of nitrogens with zero attached hydrogens (tertiary/aromatic N) is 3. The van der Waals surface area contributed by atoms with Gasteiger partial charge in [0.25, 0.3) is 5.56 Å². The van der Waals surface area contributed by atoms with Crippen molar-refractivity contribution in [2.45, 2.75) is 23.7 Å². The smallest absolute Gasteiger partial charge is 0.329 e. The lowest BCUT2D eigenvalue weighted by molar-refractivity contribution is 0.671. The molecule has 0 bridgehead atoms. The number of H-pyrrole nitrogens is 2. The fourth-order valence-corrected chi connectivity index (χ4v) is 3.49. The first-order chi connectivity index (χ1) is 12.6. The molecule has 0 aliphatic heterocycles. The normalized spacial score (nSPS) is 11.1. The topological polar surface area (TPSA) is 96.4 Å². The molecule has 0 atom stereocenters. The molecule has 0 aliphatic carbocycles. The van der Waals surface area contributed by atoms with Crippen LogP contribution in [0.2, 0.25) is 0 Å². The van der Waals surface area contributed by atoms with Crippen molar-refractivity contribution in [3.8, 4) is 0 Å². The number of fused-ring (bicyclic) bond motifs is 1. The first kappa shape index (κ1) is 16.3. The van der Waals surface area contributed by atoms with Gasteiger partial charge < -0.3 is 9.97 Å². The molecule has 0 unspecified atom stereocenters. The highest BCUT2D eigenvalue weighted by Crippen LogP contribution is 2.25. The van der Waals surface area contributed by atoms with Crippen LogP contribution >= 0.6 is 11.8 Å². The van der Waals surface area contributed by atoms with Crippen molar-refractivity contribution in [2.24, 2.45) is 0 Å². The summed E-state index contributed by atoms with van der Waals surface area (Å²) in [5, 5.41) is 1.04. The first-order valence-electron chi connectivity index (χ1n) is 7.98. The third-order valence-electron chi connectivity index (χ3n) is 3.99. The molecule has 0 saturated carbocycles. The van der Waals surface area contributed by atoms with Crippen molar-refractivity contribution in [3.05, 3.63) is 80.6 Å². The summed E-state index contributed by atoms with van der Waals surface area (Å²) in [5.41, 5.74) is 2.00. The number of rotatable bonds is 4. The van der Waals surface area contributed by atoms with E-state index >= 15 is 0 Å². The molecule has 3 aromatic heterocycles. The molecule has 4 aromatic rings. The van der Waals surface area contributed by atoms with Crippen LogP contribution < -0.4 is 11.2 Å². The second kappa shape index (κ2) is 6.64. The molecule has 0 aliphatic rings. The van der Waals surface area contributed by atoms with Crippen molar-refractivity contribution in [1.29, 1.82) is 0 Å². The molecule has 0 spiro atoms. The third-order valence-corrected chi connectivity index (χ3v) is 4.99. The zero-order valence-corrected chi connectivity index (χ0v) is 14.7.